The molecule has 5 fully saturated rings. The number of hydrogen-bond acceptors (Lipinski definition) is 1. The zero-order chi connectivity index (χ0) is 21.6. The third-order valence-electron chi connectivity index (χ3n) is 12.3. The quantitative estimate of drug-likeness (QED) is 0.430. The van der Waals surface area contributed by atoms with Crippen molar-refractivity contribution in [3.8, 4) is 0 Å². The third-order valence-corrected chi connectivity index (χ3v) is 12.3. The largest absolute Gasteiger partial charge is 0.299 e. The highest BCUT2D eigenvalue weighted by molar-refractivity contribution is 5.81. The van der Waals surface area contributed by atoms with Crippen LogP contribution in [-0.2, 0) is 4.79 Å². The lowest BCUT2D eigenvalue weighted by molar-refractivity contribution is -0.125. The molecule has 0 heterocycles. The van der Waals surface area contributed by atoms with Gasteiger partial charge in [-0.3, -0.25) is 4.79 Å². The van der Waals surface area contributed by atoms with Gasteiger partial charge in [0.05, 0.1) is 0 Å². The van der Waals surface area contributed by atoms with Gasteiger partial charge < -0.3 is 0 Å². The van der Waals surface area contributed by atoms with Crippen LogP contribution in [0.1, 0.15) is 130 Å². The molecular formula is C30H50O. The zero-order valence-corrected chi connectivity index (χ0v) is 21.0. The van der Waals surface area contributed by atoms with Crippen molar-refractivity contribution in [1.82, 2.24) is 0 Å². The number of ketones is 1. The Morgan fingerprint density at radius 2 is 1.52 bits per heavy atom. The molecule has 5 aliphatic rings. The van der Waals surface area contributed by atoms with Crippen molar-refractivity contribution in [2.24, 2.45) is 52.3 Å². The Bertz CT molecular complexity index is 647. The van der Waals surface area contributed by atoms with Crippen LogP contribution in [0.5, 0.6) is 0 Å². The van der Waals surface area contributed by atoms with E-state index in [1.807, 2.05) is 0 Å². The molecule has 0 spiro atoms. The normalized spacial score (nSPS) is 46.6. The van der Waals surface area contributed by atoms with Gasteiger partial charge in [-0.15, -0.1) is 0 Å². The molecule has 1 nitrogen and oxygen atoms in total. The van der Waals surface area contributed by atoms with Crippen molar-refractivity contribution in [3.63, 3.8) is 0 Å². The zero-order valence-electron chi connectivity index (χ0n) is 21.0. The fourth-order valence-corrected chi connectivity index (χ4v) is 10.5. The summed E-state index contributed by atoms with van der Waals surface area (Å²) in [4.78, 5) is 12.8. The van der Waals surface area contributed by atoms with E-state index in [9.17, 15) is 4.79 Å². The fourth-order valence-electron chi connectivity index (χ4n) is 10.5. The monoisotopic (exact) mass is 426 g/mol. The smallest absolute Gasteiger partial charge is 0.135 e. The van der Waals surface area contributed by atoms with E-state index in [1.54, 1.807) is 0 Å². The highest BCUT2D eigenvalue weighted by Crippen LogP contribution is 2.68. The molecule has 0 saturated heterocycles. The van der Waals surface area contributed by atoms with Gasteiger partial charge in [-0.25, -0.2) is 0 Å². The van der Waals surface area contributed by atoms with Gasteiger partial charge in [0.2, 0.25) is 0 Å². The predicted octanol–water partition coefficient (Wildman–Crippen LogP) is 8.60. The highest BCUT2D eigenvalue weighted by Gasteiger charge is 2.60. The lowest BCUT2D eigenvalue weighted by Gasteiger charge is -2.61. The van der Waals surface area contributed by atoms with Gasteiger partial charge in [0.1, 0.15) is 5.78 Å². The van der Waals surface area contributed by atoms with E-state index in [-0.39, 0.29) is 0 Å². The number of carbonyl (C=O) groups excluding carboxylic acids is 1. The average Bonchev–Trinajstić information content (AvgIpc) is 3.14. The fraction of sp³-hybridized carbons (Fsp3) is 0.967. The lowest BCUT2D eigenvalue weighted by atomic mass is 9.44. The summed E-state index contributed by atoms with van der Waals surface area (Å²) in [5.41, 5.74) is 1.23. The van der Waals surface area contributed by atoms with Crippen LogP contribution in [0.3, 0.4) is 0 Å². The van der Waals surface area contributed by atoms with Crippen molar-refractivity contribution in [1.29, 1.82) is 0 Å². The third kappa shape index (κ3) is 3.86. The second kappa shape index (κ2) is 8.79. The van der Waals surface area contributed by atoms with Crippen molar-refractivity contribution in [2.75, 3.05) is 0 Å². The molecule has 0 aromatic carbocycles. The summed E-state index contributed by atoms with van der Waals surface area (Å²) in [6.45, 7) is 7.92. The Kier molecular flexibility index (Phi) is 6.37. The Balaban J connectivity index is 1.23. The summed E-state index contributed by atoms with van der Waals surface area (Å²) < 4.78 is 0. The molecule has 0 bridgehead atoms. The van der Waals surface area contributed by atoms with Crippen LogP contribution >= 0.6 is 0 Å². The first-order valence-electron chi connectivity index (χ1n) is 14.5. The van der Waals surface area contributed by atoms with E-state index in [0.717, 1.165) is 48.3 Å². The molecule has 31 heavy (non-hydrogen) atoms. The maximum atomic E-state index is 12.8. The van der Waals surface area contributed by atoms with Crippen molar-refractivity contribution < 1.29 is 4.79 Å². The summed E-state index contributed by atoms with van der Waals surface area (Å²) >= 11 is 0. The Morgan fingerprint density at radius 1 is 0.774 bits per heavy atom. The number of rotatable bonds is 5. The minimum absolute atomic E-state index is 0.412. The number of fused-ring (bicyclic) bond motifs is 5. The van der Waals surface area contributed by atoms with Gasteiger partial charge in [-0.05, 0) is 117 Å². The number of hydrogen-bond donors (Lipinski definition) is 0. The molecule has 8 atom stereocenters. The molecule has 0 aromatic rings. The Morgan fingerprint density at radius 3 is 2.32 bits per heavy atom. The second-order valence-electron chi connectivity index (χ2n) is 13.4. The minimum Gasteiger partial charge on any atom is -0.299 e. The molecule has 176 valence electrons. The molecule has 5 saturated carbocycles. The first-order chi connectivity index (χ1) is 14.9. The van der Waals surface area contributed by atoms with Crippen molar-refractivity contribution in [2.45, 2.75) is 130 Å². The van der Waals surface area contributed by atoms with Crippen LogP contribution in [-0.4, -0.2) is 5.78 Å². The molecular weight excluding hydrogens is 376 g/mol. The molecule has 0 aliphatic heterocycles. The van der Waals surface area contributed by atoms with Crippen molar-refractivity contribution in [3.05, 3.63) is 0 Å². The SMILES string of the molecule is C[C@H](CCC(=O)C1CCCCC1)[C@H]1CC[C@H]2[C@@H]3CCC4CCCC[C@]4(C)[C@H]3CC[C@]12C. The molecule has 1 heteroatoms. The van der Waals surface area contributed by atoms with E-state index in [0.29, 0.717) is 22.5 Å². The number of Topliss-reactive ketones (excluding diaryl/α,β-unsaturated/α-hetero) is 1. The van der Waals surface area contributed by atoms with Crippen LogP contribution in [0.25, 0.3) is 0 Å². The second-order valence-corrected chi connectivity index (χ2v) is 13.4. The van der Waals surface area contributed by atoms with E-state index >= 15 is 0 Å². The van der Waals surface area contributed by atoms with Crippen LogP contribution < -0.4 is 0 Å². The summed E-state index contributed by atoms with van der Waals surface area (Å²) in [5.74, 6) is 6.68. The van der Waals surface area contributed by atoms with E-state index in [4.69, 9.17) is 0 Å². The molecule has 0 N–H and O–H groups in total. The number of carbonyl (C=O) groups is 1. The standard InChI is InChI=1S/C30H50O/c1-21(12-17-28(31)22-9-5-4-6-10-22)25-15-16-26-24-14-13-23-11-7-8-19-29(23,2)27(24)18-20-30(25,26)3/h21-27H,4-20H2,1-3H3/t21-,23?,24+,25-,26+,27+,29+,30-/m1/s1. The summed E-state index contributed by atoms with van der Waals surface area (Å²) in [6.07, 6.45) is 23.3. The summed E-state index contributed by atoms with van der Waals surface area (Å²) in [7, 11) is 0. The van der Waals surface area contributed by atoms with Gasteiger partial charge in [0, 0.05) is 12.3 Å². The van der Waals surface area contributed by atoms with Crippen LogP contribution in [0.15, 0.2) is 0 Å². The van der Waals surface area contributed by atoms with Gasteiger partial charge in [-0.2, -0.15) is 0 Å². The molecule has 0 aromatic heterocycles. The Labute approximate surface area is 192 Å². The topological polar surface area (TPSA) is 17.1 Å². The molecule has 5 rings (SSSR count). The molecule has 0 amide bonds. The van der Waals surface area contributed by atoms with Crippen LogP contribution in [0, 0.1) is 52.3 Å². The average molecular weight is 427 g/mol. The van der Waals surface area contributed by atoms with Gasteiger partial charge >= 0.3 is 0 Å². The molecule has 5 aliphatic carbocycles. The minimum atomic E-state index is 0.412. The first-order valence-corrected chi connectivity index (χ1v) is 14.5. The maximum absolute atomic E-state index is 12.8. The van der Waals surface area contributed by atoms with Gasteiger partial charge in [0.25, 0.3) is 0 Å². The van der Waals surface area contributed by atoms with E-state index in [2.05, 4.69) is 20.8 Å². The van der Waals surface area contributed by atoms with Gasteiger partial charge in [-0.1, -0.05) is 52.9 Å². The maximum Gasteiger partial charge on any atom is 0.135 e. The Hall–Kier alpha value is -0.330. The van der Waals surface area contributed by atoms with E-state index < -0.39 is 0 Å². The molecule has 0 radical (unpaired) electrons. The molecule has 1 unspecified atom stereocenters. The van der Waals surface area contributed by atoms with Gasteiger partial charge in [0.15, 0.2) is 0 Å². The highest BCUT2D eigenvalue weighted by atomic mass is 16.1. The van der Waals surface area contributed by atoms with Crippen LogP contribution in [0.4, 0.5) is 0 Å². The first kappa shape index (κ1) is 22.5. The lowest BCUT2D eigenvalue weighted by Crippen LogP contribution is -2.53. The van der Waals surface area contributed by atoms with Crippen LogP contribution in [0.2, 0.25) is 0 Å². The van der Waals surface area contributed by atoms with E-state index in [1.165, 1.54) is 96.3 Å². The van der Waals surface area contributed by atoms with Crippen molar-refractivity contribution >= 4 is 5.78 Å². The summed E-state index contributed by atoms with van der Waals surface area (Å²) in [6, 6.07) is 0. The summed E-state index contributed by atoms with van der Waals surface area (Å²) in [5, 5.41) is 0. The predicted molar refractivity (Wildman–Crippen MR) is 130 cm³/mol.